The van der Waals surface area contributed by atoms with Crippen molar-refractivity contribution in [2.45, 2.75) is 57.1 Å². The fourth-order valence-electron chi connectivity index (χ4n) is 2.10. The summed E-state index contributed by atoms with van der Waals surface area (Å²) in [6.07, 6.45) is 2.46. The van der Waals surface area contributed by atoms with E-state index >= 15 is 0 Å². The Kier molecular flexibility index (Phi) is 4.83. The highest BCUT2D eigenvalue weighted by atomic mass is 28.4. The van der Waals surface area contributed by atoms with E-state index in [0.717, 1.165) is 19.3 Å². The van der Waals surface area contributed by atoms with Crippen LogP contribution in [-0.4, -0.2) is 26.5 Å². The Bertz CT molecular complexity index is 355. The van der Waals surface area contributed by atoms with Crippen molar-refractivity contribution >= 4 is 8.32 Å². The van der Waals surface area contributed by atoms with E-state index in [-0.39, 0.29) is 18.2 Å². The van der Waals surface area contributed by atoms with Crippen molar-refractivity contribution < 1.29 is 4.43 Å². The minimum atomic E-state index is -1.69. The molecule has 1 rings (SSSR count). The highest BCUT2D eigenvalue weighted by Gasteiger charge is 2.35. The number of hydrogen-bond acceptors (Lipinski definition) is 3. The third-order valence-electron chi connectivity index (χ3n) is 2.65. The molecule has 0 aromatic rings. The Labute approximate surface area is 102 Å². The predicted octanol–water partition coefficient (Wildman–Crippen LogP) is 3.75. The SMILES string of the molecule is C[Si](C)(C)O[C@@H]1CCC[C@H](N=[N+]=[N-])[C@@H]1N=[N+]=[N-]. The first-order valence-electron chi connectivity index (χ1n) is 5.74. The predicted molar refractivity (Wildman–Crippen MR) is 67.9 cm³/mol. The maximum atomic E-state index is 8.60. The highest BCUT2D eigenvalue weighted by molar-refractivity contribution is 6.69. The molecule has 0 aliphatic heterocycles. The van der Waals surface area contributed by atoms with Gasteiger partial charge in [0.1, 0.15) is 0 Å². The van der Waals surface area contributed by atoms with Gasteiger partial charge in [-0.25, -0.2) is 0 Å². The van der Waals surface area contributed by atoms with Gasteiger partial charge in [0.2, 0.25) is 0 Å². The second-order valence-corrected chi connectivity index (χ2v) is 9.63. The fourth-order valence-corrected chi connectivity index (χ4v) is 3.27. The van der Waals surface area contributed by atoms with Gasteiger partial charge in [-0.2, -0.15) is 0 Å². The molecule has 0 spiro atoms. The van der Waals surface area contributed by atoms with E-state index in [1.165, 1.54) is 0 Å². The zero-order valence-corrected chi connectivity index (χ0v) is 11.4. The molecule has 0 bridgehead atoms. The number of nitrogens with zero attached hydrogens (tertiary/aromatic N) is 6. The quantitative estimate of drug-likeness (QED) is 0.324. The molecule has 94 valence electrons. The molecule has 0 heterocycles. The molecular weight excluding hydrogens is 236 g/mol. The van der Waals surface area contributed by atoms with Gasteiger partial charge in [-0.05, 0) is 43.5 Å². The van der Waals surface area contributed by atoms with Crippen LogP contribution in [0.4, 0.5) is 0 Å². The van der Waals surface area contributed by atoms with Gasteiger partial charge < -0.3 is 4.43 Å². The zero-order chi connectivity index (χ0) is 12.9. The maximum Gasteiger partial charge on any atom is 0.184 e. The largest absolute Gasteiger partial charge is 0.414 e. The topological polar surface area (TPSA) is 107 Å². The monoisotopic (exact) mass is 254 g/mol. The van der Waals surface area contributed by atoms with Gasteiger partial charge >= 0.3 is 0 Å². The highest BCUT2D eigenvalue weighted by Crippen LogP contribution is 2.29. The lowest BCUT2D eigenvalue weighted by Gasteiger charge is -2.36. The van der Waals surface area contributed by atoms with E-state index in [1.54, 1.807) is 0 Å². The van der Waals surface area contributed by atoms with Crippen LogP contribution in [0.2, 0.25) is 19.6 Å². The van der Waals surface area contributed by atoms with Crippen LogP contribution >= 0.6 is 0 Å². The summed E-state index contributed by atoms with van der Waals surface area (Å²) >= 11 is 0. The number of hydrogen-bond donors (Lipinski definition) is 0. The van der Waals surface area contributed by atoms with Crippen molar-refractivity contribution in [1.29, 1.82) is 0 Å². The summed E-state index contributed by atoms with van der Waals surface area (Å²) < 4.78 is 6.01. The lowest BCUT2D eigenvalue weighted by Crippen LogP contribution is -2.45. The van der Waals surface area contributed by atoms with Gasteiger partial charge in [-0.3, -0.25) is 0 Å². The molecule has 1 aliphatic carbocycles. The molecule has 8 heteroatoms. The first-order valence-corrected chi connectivity index (χ1v) is 9.15. The molecule has 0 saturated heterocycles. The van der Waals surface area contributed by atoms with Crippen molar-refractivity contribution in [2.24, 2.45) is 10.2 Å². The Morgan fingerprint density at radius 2 is 1.76 bits per heavy atom. The summed E-state index contributed by atoms with van der Waals surface area (Å²) in [5, 5.41) is 7.48. The van der Waals surface area contributed by atoms with Crippen molar-refractivity contribution in [3.8, 4) is 0 Å². The van der Waals surface area contributed by atoms with E-state index in [9.17, 15) is 0 Å². The molecule has 0 amide bonds. The zero-order valence-electron chi connectivity index (χ0n) is 10.4. The summed E-state index contributed by atoms with van der Waals surface area (Å²) in [7, 11) is -1.69. The van der Waals surface area contributed by atoms with Crippen LogP contribution in [0.5, 0.6) is 0 Å². The molecule has 0 aromatic carbocycles. The van der Waals surface area contributed by atoms with E-state index < -0.39 is 8.32 Å². The van der Waals surface area contributed by atoms with Crippen LogP contribution in [0.25, 0.3) is 20.9 Å². The van der Waals surface area contributed by atoms with E-state index in [0.29, 0.717) is 0 Å². The average Bonchev–Trinajstić information content (AvgIpc) is 2.21. The Hall–Kier alpha value is -1.20. The maximum absolute atomic E-state index is 8.60. The lowest BCUT2D eigenvalue weighted by molar-refractivity contribution is 0.114. The Morgan fingerprint density at radius 1 is 1.12 bits per heavy atom. The minimum absolute atomic E-state index is 0.109. The van der Waals surface area contributed by atoms with Crippen LogP contribution in [-0.2, 0) is 4.43 Å². The molecular formula is C9H18N6OSi. The number of rotatable bonds is 4. The summed E-state index contributed by atoms with van der Waals surface area (Å²) in [6.45, 7) is 6.28. The van der Waals surface area contributed by atoms with Crippen molar-refractivity contribution in [2.75, 3.05) is 0 Å². The molecule has 7 nitrogen and oxygen atoms in total. The smallest absolute Gasteiger partial charge is 0.184 e. The van der Waals surface area contributed by atoms with Crippen molar-refractivity contribution in [3.05, 3.63) is 20.9 Å². The van der Waals surface area contributed by atoms with E-state index in [1.807, 2.05) is 0 Å². The van der Waals surface area contributed by atoms with Crippen LogP contribution in [0, 0.1) is 0 Å². The second-order valence-electron chi connectivity index (χ2n) is 5.17. The number of azide groups is 2. The van der Waals surface area contributed by atoms with Crippen molar-refractivity contribution in [3.63, 3.8) is 0 Å². The first kappa shape index (κ1) is 13.9. The van der Waals surface area contributed by atoms with Gasteiger partial charge in [0.05, 0.1) is 12.1 Å². The average molecular weight is 254 g/mol. The molecule has 17 heavy (non-hydrogen) atoms. The van der Waals surface area contributed by atoms with Gasteiger partial charge in [0.25, 0.3) is 0 Å². The summed E-state index contributed by atoms with van der Waals surface area (Å²) in [4.78, 5) is 5.67. The fraction of sp³-hybridized carbons (Fsp3) is 1.00. The summed E-state index contributed by atoms with van der Waals surface area (Å²) in [6, 6.07) is -0.637. The van der Waals surface area contributed by atoms with Crippen molar-refractivity contribution in [1.82, 2.24) is 0 Å². The summed E-state index contributed by atoms with van der Waals surface area (Å²) in [5.41, 5.74) is 17.1. The third-order valence-corrected chi connectivity index (χ3v) is 3.66. The van der Waals surface area contributed by atoms with Gasteiger partial charge in [0, 0.05) is 15.9 Å². The van der Waals surface area contributed by atoms with E-state index in [4.69, 9.17) is 15.5 Å². The van der Waals surface area contributed by atoms with Crippen LogP contribution in [0.15, 0.2) is 10.2 Å². The molecule has 0 N–H and O–H groups in total. The Morgan fingerprint density at radius 3 is 2.29 bits per heavy atom. The van der Waals surface area contributed by atoms with E-state index in [2.05, 4.69) is 39.7 Å². The van der Waals surface area contributed by atoms with Crippen LogP contribution in [0.1, 0.15) is 19.3 Å². The normalized spacial score (nSPS) is 29.0. The van der Waals surface area contributed by atoms with Gasteiger partial charge in [-0.15, -0.1) is 0 Å². The molecule has 1 fully saturated rings. The molecule has 3 atom stereocenters. The minimum Gasteiger partial charge on any atom is -0.414 e. The lowest BCUT2D eigenvalue weighted by atomic mass is 9.89. The van der Waals surface area contributed by atoms with Crippen LogP contribution in [0.3, 0.4) is 0 Å². The molecule has 0 unspecified atom stereocenters. The molecule has 0 aromatic heterocycles. The third kappa shape index (κ3) is 4.28. The first-order chi connectivity index (χ1) is 7.98. The second kappa shape index (κ2) is 5.93. The van der Waals surface area contributed by atoms with Crippen LogP contribution < -0.4 is 0 Å². The molecule has 1 aliphatic rings. The summed E-state index contributed by atoms with van der Waals surface area (Å²) in [5.74, 6) is 0. The molecule has 1 saturated carbocycles. The Balaban J connectivity index is 2.86. The van der Waals surface area contributed by atoms with Gasteiger partial charge in [0.15, 0.2) is 8.32 Å². The van der Waals surface area contributed by atoms with Gasteiger partial charge in [-0.1, -0.05) is 16.6 Å². The molecule has 0 radical (unpaired) electrons. The standard InChI is InChI=1S/C9H18N6OSi/c1-17(2,3)16-8-6-4-5-7(12-14-10)9(8)13-15-11/h7-9H,4-6H2,1-3H3/t7-,8+,9-/m0/s1.